The number of anilines is 1. The van der Waals surface area contributed by atoms with Gasteiger partial charge in [0.15, 0.2) is 0 Å². The van der Waals surface area contributed by atoms with Crippen molar-refractivity contribution in [1.82, 2.24) is 9.36 Å². The minimum absolute atomic E-state index is 0.191. The fourth-order valence-electron chi connectivity index (χ4n) is 2.50. The molecule has 0 aliphatic rings. The number of nitrogens with zero attached hydrogens (tertiary/aromatic N) is 4. The molecule has 2 heterocycles. The van der Waals surface area contributed by atoms with Crippen LogP contribution in [-0.4, -0.2) is 22.3 Å². The van der Waals surface area contributed by atoms with Gasteiger partial charge in [-0.15, -0.1) is 0 Å². The van der Waals surface area contributed by atoms with Crippen molar-refractivity contribution in [2.45, 2.75) is 13.8 Å². The van der Waals surface area contributed by atoms with Gasteiger partial charge in [-0.3, -0.25) is 9.78 Å². The average Bonchev–Trinajstić information content (AvgIpc) is 2.93. The van der Waals surface area contributed by atoms with Crippen molar-refractivity contribution in [3.8, 4) is 6.07 Å². The first-order valence-corrected chi connectivity index (χ1v) is 8.70. The van der Waals surface area contributed by atoms with Crippen LogP contribution >= 0.6 is 27.5 Å². The number of rotatable bonds is 2. The van der Waals surface area contributed by atoms with Crippen molar-refractivity contribution in [3.05, 3.63) is 51.3 Å². The number of aryl methyl sites for hydroxylation is 2. The molecule has 0 saturated carbocycles. The van der Waals surface area contributed by atoms with E-state index >= 15 is 0 Å². The second-order valence-electron chi connectivity index (χ2n) is 5.40. The van der Waals surface area contributed by atoms with E-state index in [1.807, 2.05) is 25.1 Å². The molecule has 0 saturated heterocycles. The minimum atomic E-state index is -0.191. The second kappa shape index (κ2) is 6.30. The zero-order valence-corrected chi connectivity index (χ0v) is 15.7. The van der Waals surface area contributed by atoms with Crippen molar-refractivity contribution in [2.75, 3.05) is 11.9 Å². The van der Waals surface area contributed by atoms with E-state index in [9.17, 15) is 10.1 Å². The van der Waals surface area contributed by atoms with E-state index < -0.39 is 0 Å². The van der Waals surface area contributed by atoms with Crippen LogP contribution in [0.4, 0.5) is 5.00 Å². The van der Waals surface area contributed by atoms with Crippen molar-refractivity contribution < 1.29 is 4.79 Å². The number of nitriles is 1. The summed E-state index contributed by atoms with van der Waals surface area (Å²) in [6.07, 6.45) is 0. The maximum Gasteiger partial charge on any atom is 0.259 e. The number of hydrogen-bond donors (Lipinski definition) is 0. The molecule has 5 nitrogen and oxygen atoms in total. The summed E-state index contributed by atoms with van der Waals surface area (Å²) in [5.74, 6) is -0.191. The molecule has 3 rings (SSSR count). The summed E-state index contributed by atoms with van der Waals surface area (Å²) in [4.78, 5) is 19.0. The standard InChI is InChI=1S/C17H13BrN4OS/c1-9-6-13(12-7-11(18)4-5-15(12)20-9)16(23)22(3)17-14(8-19)10(2)21-24-17/h4-7H,1-3H3. The smallest absolute Gasteiger partial charge is 0.259 e. The van der Waals surface area contributed by atoms with Gasteiger partial charge in [0.1, 0.15) is 16.6 Å². The van der Waals surface area contributed by atoms with Crippen molar-refractivity contribution >= 4 is 49.3 Å². The first kappa shape index (κ1) is 16.6. The van der Waals surface area contributed by atoms with E-state index in [1.54, 1.807) is 20.0 Å². The summed E-state index contributed by atoms with van der Waals surface area (Å²) in [5.41, 5.74) is 3.15. The summed E-state index contributed by atoms with van der Waals surface area (Å²) >= 11 is 4.59. The molecule has 0 aliphatic carbocycles. The largest absolute Gasteiger partial charge is 0.300 e. The monoisotopic (exact) mass is 400 g/mol. The van der Waals surface area contributed by atoms with Gasteiger partial charge in [-0.05, 0) is 49.6 Å². The minimum Gasteiger partial charge on any atom is -0.300 e. The van der Waals surface area contributed by atoms with E-state index in [1.165, 1.54) is 4.90 Å². The fraction of sp³-hybridized carbons (Fsp3) is 0.176. The highest BCUT2D eigenvalue weighted by molar-refractivity contribution is 9.10. The third-order valence-corrected chi connectivity index (χ3v) is 5.20. The number of pyridine rings is 1. The molecule has 120 valence electrons. The lowest BCUT2D eigenvalue weighted by Crippen LogP contribution is -2.26. The van der Waals surface area contributed by atoms with Crippen LogP contribution in [0.25, 0.3) is 10.9 Å². The first-order chi connectivity index (χ1) is 11.4. The van der Waals surface area contributed by atoms with Gasteiger partial charge in [0, 0.05) is 22.6 Å². The van der Waals surface area contributed by atoms with Gasteiger partial charge in [-0.2, -0.15) is 9.64 Å². The van der Waals surface area contributed by atoms with E-state index in [0.717, 1.165) is 32.6 Å². The quantitative estimate of drug-likeness (QED) is 0.645. The Bertz CT molecular complexity index is 1010. The third kappa shape index (κ3) is 2.79. The highest BCUT2D eigenvalue weighted by Crippen LogP contribution is 2.30. The Kier molecular flexibility index (Phi) is 4.35. The number of benzene rings is 1. The molecule has 0 radical (unpaired) electrons. The molecule has 0 bridgehead atoms. The fourth-order valence-corrected chi connectivity index (χ4v) is 3.66. The molecular weight excluding hydrogens is 388 g/mol. The molecule has 0 atom stereocenters. The third-order valence-electron chi connectivity index (χ3n) is 3.69. The Balaban J connectivity index is 2.15. The number of carbonyl (C=O) groups excluding carboxylic acids is 1. The molecule has 3 aromatic rings. The van der Waals surface area contributed by atoms with E-state index in [-0.39, 0.29) is 5.91 Å². The van der Waals surface area contributed by atoms with Gasteiger partial charge in [-0.1, -0.05) is 15.9 Å². The molecule has 1 amide bonds. The van der Waals surface area contributed by atoms with Crippen LogP contribution in [0, 0.1) is 25.2 Å². The number of fused-ring (bicyclic) bond motifs is 1. The van der Waals surface area contributed by atoms with Crippen LogP contribution in [0.1, 0.15) is 27.3 Å². The van der Waals surface area contributed by atoms with E-state index in [2.05, 4.69) is 31.4 Å². The van der Waals surface area contributed by atoms with Crippen molar-refractivity contribution in [1.29, 1.82) is 5.26 Å². The molecule has 7 heteroatoms. The van der Waals surface area contributed by atoms with Crippen molar-refractivity contribution in [2.24, 2.45) is 0 Å². The maximum absolute atomic E-state index is 13.1. The molecule has 0 spiro atoms. The predicted molar refractivity (Wildman–Crippen MR) is 98.5 cm³/mol. The van der Waals surface area contributed by atoms with Gasteiger partial charge in [-0.25, -0.2) is 0 Å². The maximum atomic E-state index is 13.1. The summed E-state index contributed by atoms with van der Waals surface area (Å²) < 4.78 is 5.06. The van der Waals surface area contributed by atoms with Gasteiger partial charge in [0.2, 0.25) is 0 Å². The highest BCUT2D eigenvalue weighted by Gasteiger charge is 2.22. The SMILES string of the molecule is Cc1cc(C(=O)N(C)c2snc(C)c2C#N)c2cc(Br)ccc2n1. The lowest BCUT2D eigenvalue weighted by atomic mass is 10.1. The van der Waals surface area contributed by atoms with Crippen molar-refractivity contribution in [3.63, 3.8) is 0 Å². The normalized spacial score (nSPS) is 10.6. The molecule has 0 N–H and O–H groups in total. The predicted octanol–water partition coefficient (Wildman–Crippen LogP) is 4.22. The molecule has 0 aliphatic heterocycles. The Morgan fingerprint density at radius 1 is 1.33 bits per heavy atom. The molecule has 24 heavy (non-hydrogen) atoms. The molecular formula is C17H13BrN4OS. The first-order valence-electron chi connectivity index (χ1n) is 7.13. The summed E-state index contributed by atoms with van der Waals surface area (Å²) in [7, 11) is 1.66. The van der Waals surface area contributed by atoms with Crippen LogP contribution in [-0.2, 0) is 0 Å². The van der Waals surface area contributed by atoms with E-state index in [4.69, 9.17) is 0 Å². The molecule has 1 aromatic carbocycles. The lowest BCUT2D eigenvalue weighted by molar-refractivity contribution is 0.0995. The lowest BCUT2D eigenvalue weighted by Gasteiger charge is -2.17. The zero-order chi connectivity index (χ0) is 17.4. The Labute approximate surface area is 151 Å². The Morgan fingerprint density at radius 3 is 2.79 bits per heavy atom. The van der Waals surface area contributed by atoms with Crippen LogP contribution < -0.4 is 4.90 Å². The average molecular weight is 401 g/mol. The van der Waals surface area contributed by atoms with Gasteiger partial charge >= 0.3 is 0 Å². The summed E-state index contributed by atoms with van der Waals surface area (Å²) in [6.45, 7) is 3.62. The number of halogens is 1. The number of hydrogen-bond acceptors (Lipinski definition) is 5. The second-order valence-corrected chi connectivity index (χ2v) is 7.06. The highest BCUT2D eigenvalue weighted by atomic mass is 79.9. The summed E-state index contributed by atoms with van der Waals surface area (Å²) in [6, 6.07) is 9.55. The zero-order valence-electron chi connectivity index (χ0n) is 13.3. The van der Waals surface area contributed by atoms with Crippen LogP contribution in [0.2, 0.25) is 0 Å². The van der Waals surface area contributed by atoms with Crippen LogP contribution in [0.15, 0.2) is 28.7 Å². The van der Waals surface area contributed by atoms with Gasteiger partial charge in [0.05, 0.1) is 16.8 Å². The summed E-state index contributed by atoms with van der Waals surface area (Å²) in [5, 5.41) is 10.6. The topological polar surface area (TPSA) is 69.9 Å². The number of amides is 1. The molecule has 0 fully saturated rings. The molecule has 0 unspecified atom stereocenters. The Morgan fingerprint density at radius 2 is 2.08 bits per heavy atom. The molecule has 2 aromatic heterocycles. The van der Waals surface area contributed by atoms with Gasteiger partial charge in [0.25, 0.3) is 5.91 Å². The number of carbonyl (C=O) groups is 1. The van der Waals surface area contributed by atoms with Crippen LogP contribution in [0.5, 0.6) is 0 Å². The number of aromatic nitrogens is 2. The van der Waals surface area contributed by atoms with Crippen LogP contribution in [0.3, 0.4) is 0 Å². The van der Waals surface area contributed by atoms with Gasteiger partial charge < -0.3 is 4.90 Å². The van der Waals surface area contributed by atoms with E-state index in [0.29, 0.717) is 21.8 Å². The Hall–Kier alpha value is -2.30.